The minimum absolute atomic E-state index is 0.318. The number of rotatable bonds is 7. The van der Waals surface area contributed by atoms with E-state index in [0.717, 1.165) is 11.1 Å². The number of hydrogen-bond donors (Lipinski definition) is 3. The molecule has 3 aromatic carbocycles. The highest BCUT2D eigenvalue weighted by atomic mass is 16.5. The van der Waals surface area contributed by atoms with Gasteiger partial charge in [-0.1, -0.05) is 48.0 Å². The number of nitrogens with zero attached hydrogens (tertiary/aromatic N) is 2. The van der Waals surface area contributed by atoms with E-state index in [-0.39, 0.29) is 11.8 Å². The van der Waals surface area contributed by atoms with Crippen LogP contribution in [0, 0.1) is 6.92 Å². The summed E-state index contributed by atoms with van der Waals surface area (Å²) in [4.78, 5) is 27.1. The third-order valence-electron chi connectivity index (χ3n) is 6.61. The van der Waals surface area contributed by atoms with Crippen molar-refractivity contribution in [1.82, 2.24) is 9.78 Å². The van der Waals surface area contributed by atoms with Gasteiger partial charge >= 0.3 is 0 Å². The van der Waals surface area contributed by atoms with Crippen molar-refractivity contribution < 1.29 is 19.1 Å². The van der Waals surface area contributed by atoms with Crippen LogP contribution in [-0.4, -0.2) is 35.8 Å². The Morgan fingerprint density at radius 1 is 0.846 bits per heavy atom. The number of methoxy groups -OCH3 is 2. The number of carbonyl (C=O) groups excluding carboxylic acids is 2. The maximum Gasteiger partial charge on any atom is 0.261 e. The molecule has 2 heterocycles. The van der Waals surface area contributed by atoms with E-state index in [9.17, 15) is 9.59 Å². The molecule has 3 N–H and O–H groups in total. The second kappa shape index (κ2) is 10.7. The molecule has 5 rings (SSSR count). The average molecular weight is 524 g/mol. The van der Waals surface area contributed by atoms with Crippen molar-refractivity contribution in [3.63, 3.8) is 0 Å². The molecule has 0 saturated carbocycles. The molecule has 1 unspecified atom stereocenters. The highest BCUT2D eigenvalue weighted by molar-refractivity contribution is 6.10. The van der Waals surface area contributed by atoms with Gasteiger partial charge in [0, 0.05) is 16.9 Å². The molecule has 39 heavy (non-hydrogen) atoms. The summed E-state index contributed by atoms with van der Waals surface area (Å²) in [6, 6.07) is 21.5. The first-order valence-corrected chi connectivity index (χ1v) is 12.4. The molecular formula is C30H29N5O4. The summed E-state index contributed by atoms with van der Waals surface area (Å²) in [5, 5.41) is 13.7. The molecule has 0 aliphatic carbocycles. The van der Waals surface area contributed by atoms with E-state index < -0.39 is 6.04 Å². The fourth-order valence-corrected chi connectivity index (χ4v) is 4.67. The van der Waals surface area contributed by atoms with E-state index in [1.807, 2.05) is 67.6 Å². The van der Waals surface area contributed by atoms with Crippen LogP contribution in [0.15, 0.2) is 90.3 Å². The number of ether oxygens (including phenoxy) is 2. The number of hydrogen-bond acceptors (Lipinski definition) is 6. The van der Waals surface area contributed by atoms with E-state index in [1.54, 1.807) is 38.0 Å². The van der Waals surface area contributed by atoms with Crippen LogP contribution in [0.2, 0.25) is 0 Å². The van der Waals surface area contributed by atoms with Gasteiger partial charge in [0.15, 0.2) is 0 Å². The molecule has 0 fully saturated rings. The Labute approximate surface area is 226 Å². The summed E-state index contributed by atoms with van der Waals surface area (Å²) in [6.45, 7) is 3.79. The Morgan fingerprint density at radius 3 is 2.23 bits per heavy atom. The van der Waals surface area contributed by atoms with Crippen LogP contribution in [-0.2, 0) is 4.79 Å². The van der Waals surface area contributed by atoms with Crippen molar-refractivity contribution >= 4 is 29.0 Å². The largest absolute Gasteiger partial charge is 0.496 e. The van der Waals surface area contributed by atoms with E-state index in [0.29, 0.717) is 45.5 Å². The summed E-state index contributed by atoms with van der Waals surface area (Å²) in [5.74, 6) is 0.943. The molecule has 0 radical (unpaired) electrons. The van der Waals surface area contributed by atoms with Gasteiger partial charge in [-0.05, 0) is 44.2 Å². The normalized spacial score (nSPS) is 14.2. The van der Waals surface area contributed by atoms with Crippen LogP contribution >= 0.6 is 0 Å². The maximum atomic E-state index is 13.8. The lowest BCUT2D eigenvalue weighted by molar-refractivity contribution is -0.113. The Morgan fingerprint density at radius 2 is 1.51 bits per heavy atom. The number of anilines is 3. The SMILES string of the molecule is COc1ccccc1NC(=O)C1=C(C)Nc2c(C(=O)Nc3ccc(C)cc3)cnn2C1c1ccccc1OC. The number of aromatic nitrogens is 2. The zero-order valence-corrected chi connectivity index (χ0v) is 22.1. The minimum Gasteiger partial charge on any atom is -0.496 e. The number of fused-ring (bicyclic) bond motifs is 1. The number of carbonyl (C=O) groups is 2. The monoisotopic (exact) mass is 523 g/mol. The molecule has 0 bridgehead atoms. The van der Waals surface area contributed by atoms with Crippen molar-refractivity contribution in [3.8, 4) is 11.5 Å². The van der Waals surface area contributed by atoms with Crippen LogP contribution in [0.25, 0.3) is 0 Å². The summed E-state index contributed by atoms with van der Waals surface area (Å²) in [6.07, 6.45) is 1.50. The van der Waals surface area contributed by atoms with Gasteiger partial charge in [0.2, 0.25) is 0 Å². The van der Waals surface area contributed by atoms with Gasteiger partial charge in [-0.25, -0.2) is 4.68 Å². The minimum atomic E-state index is -0.673. The number of allylic oxidation sites excluding steroid dienone is 1. The standard InChI is InChI=1S/C30H29N5O4/c1-18-13-15-20(16-14-18)33-29(36)22-17-31-35-27(21-9-5-7-11-24(21)38-3)26(19(2)32-28(22)35)30(37)34-23-10-6-8-12-25(23)39-4/h5-17,27,32H,1-4H3,(H,33,36)(H,34,37). The van der Waals surface area contributed by atoms with Gasteiger partial charge in [-0.15, -0.1) is 0 Å². The maximum absolute atomic E-state index is 13.8. The molecule has 1 atom stereocenters. The van der Waals surface area contributed by atoms with Gasteiger partial charge in [0.1, 0.15) is 28.9 Å². The highest BCUT2D eigenvalue weighted by Crippen LogP contribution is 2.41. The highest BCUT2D eigenvalue weighted by Gasteiger charge is 2.37. The first kappa shape index (κ1) is 25.6. The van der Waals surface area contributed by atoms with Crippen molar-refractivity contribution in [2.75, 3.05) is 30.2 Å². The second-order valence-electron chi connectivity index (χ2n) is 9.13. The molecule has 198 valence electrons. The Kier molecular flexibility index (Phi) is 7.05. The molecule has 2 amide bonds. The molecule has 0 spiro atoms. The first-order valence-electron chi connectivity index (χ1n) is 12.4. The predicted molar refractivity (Wildman–Crippen MR) is 150 cm³/mol. The molecule has 9 heteroatoms. The lowest BCUT2D eigenvalue weighted by Crippen LogP contribution is -2.32. The molecule has 0 saturated heterocycles. The van der Waals surface area contributed by atoms with Gasteiger partial charge in [-0.2, -0.15) is 5.10 Å². The molecule has 4 aromatic rings. The summed E-state index contributed by atoms with van der Waals surface area (Å²) >= 11 is 0. The van der Waals surface area contributed by atoms with E-state index in [4.69, 9.17) is 9.47 Å². The molecule has 9 nitrogen and oxygen atoms in total. The number of para-hydroxylation sites is 3. The molecule has 1 aromatic heterocycles. The first-order chi connectivity index (χ1) is 18.9. The summed E-state index contributed by atoms with van der Waals surface area (Å²) in [5.41, 5.74) is 4.37. The Hall–Kier alpha value is -5.05. The van der Waals surface area contributed by atoms with Gasteiger partial charge in [-0.3, -0.25) is 9.59 Å². The zero-order valence-electron chi connectivity index (χ0n) is 22.1. The van der Waals surface area contributed by atoms with Crippen LogP contribution in [0.5, 0.6) is 11.5 Å². The quantitative estimate of drug-likeness (QED) is 0.300. The third kappa shape index (κ3) is 4.94. The van der Waals surface area contributed by atoms with Crippen LogP contribution < -0.4 is 25.4 Å². The number of aryl methyl sites for hydroxylation is 1. The second-order valence-corrected chi connectivity index (χ2v) is 9.13. The third-order valence-corrected chi connectivity index (χ3v) is 6.61. The van der Waals surface area contributed by atoms with E-state index in [1.165, 1.54) is 6.20 Å². The van der Waals surface area contributed by atoms with Crippen molar-refractivity contribution in [1.29, 1.82) is 0 Å². The lowest BCUT2D eigenvalue weighted by Gasteiger charge is -2.31. The smallest absolute Gasteiger partial charge is 0.261 e. The van der Waals surface area contributed by atoms with E-state index in [2.05, 4.69) is 21.0 Å². The van der Waals surface area contributed by atoms with Crippen molar-refractivity contribution in [3.05, 3.63) is 107 Å². The van der Waals surface area contributed by atoms with Gasteiger partial charge in [0.25, 0.3) is 11.8 Å². The van der Waals surface area contributed by atoms with Gasteiger partial charge in [0.05, 0.1) is 31.7 Å². The van der Waals surface area contributed by atoms with Crippen LogP contribution in [0.4, 0.5) is 17.2 Å². The van der Waals surface area contributed by atoms with Gasteiger partial charge < -0.3 is 25.4 Å². The number of amides is 2. The van der Waals surface area contributed by atoms with Crippen molar-refractivity contribution in [2.24, 2.45) is 0 Å². The van der Waals surface area contributed by atoms with Crippen LogP contribution in [0.1, 0.15) is 34.5 Å². The Balaban J connectivity index is 1.57. The molecule has 1 aliphatic heterocycles. The lowest BCUT2D eigenvalue weighted by atomic mass is 9.93. The van der Waals surface area contributed by atoms with Crippen LogP contribution in [0.3, 0.4) is 0 Å². The predicted octanol–water partition coefficient (Wildman–Crippen LogP) is 5.39. The topological polar surface area (TPSA) is 107 Å². The fourth-order valence-electron chi connectivity index (χ4n) is 4.67. The average Bonchev–Trinajstić information content (AvgIpc) is 3.37. The fraction of sp³-hybridized carbons (Fsp3) is 0.167. The molecular weight excluding hydrogens is 494 g/mol. The summed E-state index contributed by atoms with van der Waals surface area (Å²) < 4.78 is 12.7. The molecule has 1 aliphatic rings. The number of benzene rings is 3. The number of nitrogens with one attached hydrogen (secondary N) is 3. The van der Waals surface area contributed by atoms with E-state index >= 15 is 0 Å². The zero-order chi connectivity index (χ0) is 27.5. The van der Waals surface area contributed by atoms with Crippen molar-refractivity contribution in [2.45, 2.75) is 19.9 Å². The summed E-state index contributed by atoms with van der Waals surface area (Å²) in [7, 11) is 3.13. The Bertz CT molecular complexity index is 1570.